The molecule has 0 saturated heterocycles. The van der Waals surface area contributed by atoms with E-state index in [1.807, 2.05) is 0 Å². The number of aliphatic carboxylic acids is 1. The largest absolute Gasteiger partial charge is 0.480 e. The van der Waals surface area contributed by atoms with Crippen LogP contribution in [0, 0.1) is 0 Å². The number of carboxylic acids is 1. The maximum atomic E-state index is 14.2. The fourth-order valence-electron chi connectivity index (χ4n) is 10.0. The van der Waals surface area contributed by atoms with Crippen LogP contribution in [-0.2, 0) is 33.5 Å². The first-order chi connectivity index (χ1) is 43.1. The number of hydrogen-bond donors (Lipinski definition) is 14. The first-order valence-electron chi connectivity index (χ1n) is 34.8. The molecule has 8 amide bonds. The molecule has 24 heteroatoms. The molecule has 0 unspecified atom stereocenters. The molecule has 0 aromatic heterocycles. The van der Waals surface area contributed by atoms with Gasteiger partial charge < -0.3 is 80.4 Å². The van der Waals surface area contributed by atoms with Gasteiger partial charge in [-0.3, -0.25) is 24.0 Å². The molecule has 0 aliphatic carbocycles. The van der Waals surface area contributed by atoms with Crippen LogP contribution in [0.4, 0.5) is 9.59 Å². The average Bonchev–Trinajstić information content (AvgIpc) is 3.44. The van der Waals surface area contributed by atoms with Crippen LogP contribution in [0.5, 0.6) is 0 Å². The third-order valence-electron chi connectivity index (χ3n) is 15.5. The van der Waals surface area contributed by atoms with Gasteiger partial charge in [-0.05, 0) is 116 Å². The number of amides is 8. The minimum Gasteiger partial charge on any atom is -0.480 e. The molecule has 0 fully saturated rings. The summed E-state index contributed by atoms with van der Waals surface area (Å²) in [4.78, 5) is 108. The number of nitrogens with two attached hydrogens (primary N) is 4. The predicted octanol–water partition coefficient (Wildman–Crippen LogP) is 7.31. The molecule has 0 saturated carbocycles. The van der Waals surface area contributed by atoms with Crippen molar-refractivity contribution in [3.63, 3.8) is 0 Å². The van der Waals surface area contributed by atoms with Crippen molar-refractivity contribution in [1.82, 2.24) is 42.5 Å². The standard InChI is InChI=1S/C64H126N12O11S/c1-3-5-7-9-11-13-15-17-18-20-22-24-26-36-47-87-64(86)70-46-48-88-50-56(76-63(85)69-45-35-25-23-21-19-16-14-12-10-8-6-4-2)61(82)75-55(49-77)60(81)73-52(38-28-32-42-66)58(79)71-51(37-27-31-41-65)57(78)72-53(39-29-33-43-67)59(80)74-54(62(83)84)40-30-34-44-68/h51-56,77H,3-50,65-68H2,1-2H3,(H,70,86)(H,71,79)(H,72,78)(H,73,81)(H,74,80)(H,75,82)(H,83,84)(H2,69,76,85)/t51-,52-,53-,54-,55-,56-/m0/s1/i/hD. The van der Waals surface area contributed by atoms with Gasteiger partial charge in [0.1, 0.15) is 36.3 Å². The summed E-state index contributed by atoms with van der Waals surface area (Å²) in [6.45, 7) is 5.46. The number of nitrogens with one attached hydrogen (secondary N) is 8. The number of aliphatic hydroxyl groups excluding tert-OH is 1. The summed E-state index contributed by atoms with van der Waals surface area (Å²) in [6.07, 6.45) is 34.1. The maximum Gasteiger partial charge on any atom is 0.407 e. The van der Waals surface area contributed by atoms with E-state index in [4.69, 9.17) is 29.1 Å². The summed E-state index contributed by atoms with van der Waals surface area (Å²) >= 11 is 1.18. The number of thioether (sulfide) groups is 1. The van der Waals surface area contributed by atoms with E-state index in [-0.39, 0.29) is 63.4 Å². The van der Waals surface area contributed by atoms with Gasteiger partial charge in [-0.15, -0.1) is 0 Å². The number of carbonyl (C=O) groups excluding carboxylic acids is 7. The van der Waals surface area contributed by atoms with E-state index in [1.54, 1.807) is 0 Å². The minimum absolute atomic E-state index is 0.0308. The van der Waals surface area contributed by atoms with Crippen molar-refractivity contribution in [2.24, 2.45) is 22.9 Å². The van der Waals surface area contributed by atoms with Gasteiger partial charge in [0.15, 0.2) is 1.41 Å². The van der Waals surface area contributed by atoms with Crippen molar-refractivity contribution in [3.8, 4) is 0 Å². The smallest absolute Gasteiger partial charge is 0.407 e. The number of carboxylic acid groups (broad SMARTS) is 1. The summed E-state index contributed by atoms with van der Waals surface area (Å²) in [5, 5.41) is 39.4. The van der Waals surface area contributed by atoms with Gasteiger partial charge >= 0.3 is 18.1 Å². The Bertz CT molecular complexity index is 1840. The van der Waals surface area contributed by atoms with Crippen molar-refractivity contribution in [3.05, 3.63) is 0 Å². The Morgan fingerprint density at radius 2 is 0.739 bits per heavy atom. The van der Waals surface area contributed by atoms with Gasteiger partial charge in [-0.2, -0.15) is 11.8 Å². The number of urea groups is 1. The lowest BCUT2D eigenvalue weighted by Gasteiger charge is -2.27. The van der Waals surface area contributed by atoms with Crippen molar-refractivity contribution in [1.29, 1.82) is 0 Å². The summed E-state index contributed by atoms with van der Waals surface area (Å²) in [7, 11) is 0. The van der Waals surface area contributed by atoms with Crippen molar-refractivity contribution in [2.45, 2.75) is 294 Å². The predicted molar refractivity (Wildman–Crippen MR) is 354 cm³/mol. The molecule has 0 bridgehead atoms. The maximum absolute atomic E-state index is 14.2. The second-order valence-corrected chi connectivity index (χ2v) is 24.6. The number of carbonyl (C=O) groups is 8. The molecular weight excluding hydrogens is 1140 g/mol. The van der Waals surface area contributed by atoms with Gasteiger partial charge in [-0.1, -0.05) is 168 Å². The van der Waals surface area contributed by atoms with E-state index >= 15 is 0 Å². The molecule has 0 aromatic carbocycles. The highest BCUT2D eigenvalue weighted by Gasteiger charge is 2.33. The van der Waals surface area contributed by atoms with Crippen LogP contribution in [0.2, 0.25) is 1.41 Å². The molecule has 0 radical (unpaired) electrons. The SMILES string of the molecule is [2H]N(C(=O)NCCCCCCCCCCCCCC)[C@@H](CSCCNC(=O)OCCCCCCCCCCCCCCCC)C(=O)N[C@@H](CO)C(=O)N[C@@H](CCCCN)C(=O)N[C@@H](CCCCN)C(=O)N[C@@H](CCCCN)C(=O)N[C@@H](CCCCN)C(=O)O. The van der Waals surface area contributed by atoms with Crippen LogP contribution >= 0.6 is 11.8 Å². The van der Waals surface area contributed by atoms with Gasteiger partial charge in [0.2, 0.25) is 29.5 Å². The summed E-state index contributed by atoms with van der Waals surface area (Å²) in [5.41, 5.74) is 22.9. The minimum atomic E-state index is -1.66. The number of aliphatic hydroxyl groups is 1. The fraction of sp³-hybridized carbons (Fsp3) is 0.875. The number of unbranched alkanes of at least 4 members (excludes halogenated alkanes) is 28. The molecular formula is C64H126N12O11S. The lowest BCUT2D eigenvalue weighted by Crippen LogP contribution is -2.60. The lowest BCUT2D eigenvalue weighted by atomic mass is 10.0. The molecule has 18 N–H and O–H groups in total. The van der Waals surface area contributed by atoms with E-state index in [9.17, 15) is 48.6 Å². The van der Waals surface area contributed by atoms with E-state index < -0.39 is 90.5 Å². The molecule has 514 valence electrons. The van der Waals surface area contributed by atoms with E-state index in [1.165, 1.54) is 127 Å². The summed E-state index contributed by atoms with van der Waals surface area (Å²) in [5.74, 6) is -5.24. The topological polar surface area (TPSA) is 387 Å². The van der Waals surface area contributed by atoms with E-state index in [0.29, 0.717) is 82.8 Å². The summed E-state index contributed by atoms with van der Waals surface area (Å²) in [6, 6.07) is -8.95. The highest BCUT2D eigenvalue weighted by molar-refractivity contribution is 7.99. The Morgan fingerprint density at radius 1 is 0.409 bits per heavy atom. The lowest BCUT2D eigenvalue weighted by molar-refractivity contribution is -0.142. The van der Waals surface area contributed by atoms with Gasteiger partial charge in [0, 0.05) is 24.6 Å². The molecule has 0 spiro atoms. The van der Waals surface area contributed by atoms with Crippen LogP contribution in [0.1, 0.15) is 258 Å². The van der Waals surface area contributed by atoms with Gasteiger partial charge in [0.25, 0.3) is 0 Å². The van der Waals surface area contributed by atoms with Gasteiger partial charge in [0.05, 0.1) is 13.2 Å². The van der Waals surface area contributed by atoms with Crippen molar-refractivity contribution in [2.75, 3.05) is 64.0 Å². The van der Waals surface area contributed by atoms with Gasteiger partial charge in [-0.25, -0.2) is 14.4 Å². The van der Waals surface area contributed by atoms with Crippen LogP contribution in [0.25, 0.3) is 0 Å². The Balaban J connectivity index is 6.02. The number of alkyl carbamates (subject to hydrolysis) is 1. The Kier molecular flexibility index (Phi) is 55.7. The monoisotopic (exact) mass is 1270 g/mol. The molecule has 6 atom stereocenters. The second kappa shape index (κ2) is 60.1. The summed E-state index contributed by atoms with van der Waals surface area (Å²) < 4.78 is 14.2. The molecule has 0 aromatic rings. The molecule has 0 rings (SSSR count). The third-order valence-corrected chi connectivity index (χ3v) is 16.6. The average molecular weight is 1270 g/mol. The van der Waals surface area contributed by atoms with Crippen molar-refractivity contribution < 1.29 is 54.7 Å². The van der Waals surface area contributed by atoms with Crippen LogP contribution in [-0.4, -0.2) is 158 Å². The highest BCUT2D eigenvalue weighted by Crippen LogP contribution is 2.16. The Hall–Kier alpha value is -4.49. The number of rotatable bonds is 62. The first-order valence-corrected chi connectivity index (χ1v) is 35.5. The van der Waals surface area contributed by atoms with Crippen LogP contribution in [0.15, 0.2) is 0 Å². The molecule has 0 heterocycles. The fourth-order valence-corrected chi connectivity index (χ4v) is 10.9. The van der Waals surface area contributed by atoms with E-state index in [2.05, 4.69) is 51.1 Å². The molecule has 23 nitrogen and oxygen atoms in total. The van der Waals surface area contributed by atoms with Crippen molar-refractivity contribution >= 4 is 59.4 Å². The van der Waals surface area contributed by atoms with E-state index in [0.717, 1.165) is 44.9 Å². The third kappa shape index (κ3) is 47.5. The molecule has 0 aliphatic heterocycles. The Morgan fingerprint density at radius 3 is 1.11 bits per heavy atom. The second-order valence-electron chi connectivity index (χ2n) is 23.5. The van der Waals surface area contributed by atoms with Crippen LogP contribution in [0.3, 0.4) is 0 Å². The zero-order valence-corrected chi connectivity index (χ0v) is 55.5. The zero-order valence-electron chi connectivity index (χ0n) is 55.6. The number of ether oxygens (including phenoxy) is 1. The first kappa shape index (κ1) is 81.5. The van der Waals surface area contributed by atoms with Crippen LogP contribution < -0.4 is 65.5 Å². The normalized spacial score (nSPS) is 13.4. The zero-order chi connectivity index (χ0) is 66.0. The number of hydrogen-bond acceptors (Lipinski definition) is 15. The molecule has 88 heavy (non-hydrogen) atoms. The quantitative estimate of drug-likeness (QED) is 0.0265. The highest BCUT2D eigenvalue weighted by atomic mass is 32.2. The Labute approximate surface area is 535 Å². The molecule has 0 aliphatic rings.